The fourth-order valence-corrected chi connectivity index (χ4v) is 4.29. The summed E-state index contributed by atoms with van der Waals surface area (Å²) in [6.45, 7) is 2.97. The van der Waals surface area contributed by atoms with Crippen molar-refractivity contribution in [1.82, 2.24) is 4.90 Å². The Morgan fingerprint density at radius 2 is 1.84 bits per heavy atom. The zero-order chi connectivity index (χ0) is 22.4. The maximum Gasteiger partial charge on any atom is 0.511 e. The average Bonchev–Trinajstić information content (AvgIpc) is 2.72. The molecule has 164 valence electrons. The van der Waals surface area contributed by atoms with Crippen LogP contribution in [0.4, 0.5) is 18.0 Å². The van der Waals surface area contributed by atoms with Gasteiger partial charge >= 0.3 is 6.16 Å². The highest BCUT2D eigenvalue weighted by Crippen LogP contribution is 2.34. The fourth-order valence-electron chi connectivity index (χ4n) is 3.16. The Hall–Kier alpha value is -2.87. The summed E-state index contributed by atoms with van der Waals surface area (Å²) in [5, 5.41) is 9.80. The lowest BCUT2D eigenvalue weighted by atomic mass is 10.1. The Labute approximate surface area is 183 Å². The van der Waals surface area contributed by atoms with Crippen molar-refractivity contribution in [3.63, 3.8) is 0 Å². The van der Waals surface area contributed by atoms with Crippen LogP contribution in [0, 0.1) is 17.5 Å². The van der Waals surface area contributed by atoms with Gasteiger partial charge in [-0.1, -0.05) is 31.2 Å². The first-order valence-corrected chi connectivity index (χ1v) is 10.6. The van der Waals surface area contributed by atoms with Crippen molar-refractivity contribution >= 4 is 17.9 Å². The molecule has 2 aromatic carbocycles. The maximum absolute atomic E-state index is 13.4. The summed E-state index contributed by atoms with van der Waals surface area (Å²) < 4.78 is 44.8. The molecule has 0 aliphatic carbocycles. The third kappa shape index (κ3) is 6.55. The molecule has 0 aromatic heterocycles. The highest BCUT2D eigenvalue weighted by Gasteiger charge is 2.23. The molecule has 1 aliphatic heterocycles. The van der Waals surface area contributed by atoms with Crippen LogP contribution in [0.3, 0.4) is 0 Å². The molecule has 0 spiro atoms. The monoisotopic (exact) mass is 449 g/mol. The summed E-state index contributed by atoms with van der Waals surface area (Å²) in [5.74, 6) is -1.85. The summed E-state index contributed by atoms with van der Waals surface area (Å²) in [6, 6.07) is 9.98. The highest BCUT2D eigenvalue weighted by atomic mass is 32.2. The van der Waals surface area contributed by atoms with Crippen molar-refractivity contribution in [2.24, 2.45) is 0 Å². The lowest BCUT2D eigenvalue weighted by molar-refractivity contribution is 0.119. The molecule has 1 N–H and O–H groups in total. The van der Waals surface area contributed by atoms with Crippen molar-refractivity contribution < 1.29 is 27.8 Å². The quantitative estimate of drug-likeness (QED) is 0.494. The summed E-state index contributed by atoms with van der Waals surface area (Å²) in [6.07, 6.45) is 3.23. The fraction of sp³-hybridized carbons (Fsp3) is 0.261. The minimum absolute atomic E-state index is 0.0396. The third-order valence-electron chi connectivity index (χ3n) is 4.71. The second-order valence-corrected chi connectivity index (χ2v) is 8.59. The van der Waals surface area contributed by atoms with Gasteiger partial charge in [0.2, 0.25) is 0 Å². The Kier molecular flexibility index (Phi) is 7.68. The molecule has 0 fully saturated rings. The van der Waals surface area contributed by atoms with Crippen LogP contribution in [-0.4, -0.2) is 28.0 Å². The standard InChI is InChI=1S/C23H22F3NO3S/c1-15(4-5-16-8-11-19(25)20(26)13-16)31-22-21(30-23(28)29)3-2-12-27(22)14-17-6-9-18(24)10-7-17/h2-3,6-11,13,15H,4-5,12,14H2,1H3,(H,28,29). The zero-order valence-corrected chi connectivity index (χ0v) is 17.7. The van der Waals surface area contributed by atoms with Crippen LogP contribution in [0.15, 0.2) is 65.4 Å². The number of benzene rings is 2. The molecule has 31 heavy (non-hydrogen) atoms. The van der Waals surface area contributed by atoms with Crippen molar-refractivity contribution in [3.05, 3.63) is 94.0 Å². The van der Waals surface area contributed by atoms with Gasteiger partial charge in [-0.15, -0.1) is 11.8 Å². The molecule has 0 bridgehead atoms. The van der Waals surface area contributed by atoms with Crippen LogP contribution in [0.5, 0.6) is 0 Å². The number of hydrogen-bond acceptors (Lipinski definition) is 4. The van der Waals surface area contributed by atoms with E-state index in [1.807, 2.05) is 11.8 Å². The van der Waals surface area contributed by atoms with Crippen LogP contribution in [0.25, 0.3) is 0 Å². The molecule has 2 aromatic rings. The van der Waals surface area contributed by atoms with E-state index in [2.05, 4.69) is 0 Å². The van der Waals surface area contributed by atoms with Crippen LogP contribution in [-0.2, 0) is 17.7 Å². The second kappa shape index (κ2) is 10.4. The number of halogens is 3. The van der Waals surface area contributed by atoms with Gasteiger partial charge in [0.15, 0.2) is 17.4 Å². The number of allylic oxidation sites excluding steroid dienone is 1. The van der Waals surface area contributed by atoms with E-state index >= 15 is 0 Å². The van der Waals surface area contributed by atoms with E-state index < -0.39 is 17.8 Å². The average molecular weight is 449 g/mol. The van der Waals surface area contributed by atoms with Crippen molar-refractivity contribution in [1.29, 1.82) is 0 Å². The minimum Gasteiger partial charge on any atom is -0.449 e. The minimum atomic E-state index is -1.41. The molecule has 0 amide bonds. The molecule has 0 saturated carbocycles. The van der Waals surface area contributed by atoms with Crippen molar-refractivity contribution in [2.45, 2.75) is 31.6 Å². The summed E-state index contributed by atoms with van der Waals surface area (Å²) >= 11 is 1.45. The Bertz CT molecular complexity index is 992. The van der Waals surface area contributed by atoms with Gasteiger partial charge in [0.1, 0.15) is 10.8 Å². The predicted octanol–water partition coefficient (Wildman–Crippen LogP) is 6.09. The number of hydrogen-bond donors (Lipinski definition) is 1. The number of rotatable bonds is 8. The molecule has 3 rings (SSSR count). The Balaban J connectivity index is 1.73. The zero-order valence-electron chi connectivity index (χ0n) is 16.9. The van der Waals surface area contributed by atoms with Gasteiger partial charge in [-0.2, -0.15) is 0 Å². The molecule has 1 heterocycles. The molecule has 1 atom stereocenters. The molecule has 1 aliphatic rings. The van der Waals surface area contributed by atoms with Crippen LogP contribution < -0.4 is 0 Å². The molecule has 4 nitrogen and oxygen atoms in total. The molecular weight excluding hydrogens is 427 g/mol. The van der Waals surface area contributed by atoms with E-state index in [1.165, 1.54) is 30.0 Å². The van der Waals surface area contributed by atoms with E-state index in [-0.39, 0.29) is 16.8 Å². The van der Waals surface area contributed by atoms with Gasteiger partial charge in [-0.05, 0) is 54.3 Å². The molecule has 1 unspecified atom stereocenters. The van der Waals surface area contributed by atoms with Gasteiger partial charge in [0.05, 0.1) is 0 Å². The van der Waals surface area contributed by atoms with Crippen LogP contribution in [0.1, 0.15) is 24.5 Å². The predicted molar refractivity (Wildman–Crippen MR) is 114 cm³/mol. The summed E-state index contributed by atoms with van der Waals surface area (Å²) in [5.41, 5.74) is 1.56. The lowest BCUT2D eigenvalue weighted by Gasteiger charge is -2.31. The molecule has 0 radical (unpaired) electrons. The Morgan fingerprint density at radius 1 is 1.13 bits per heavy atom. The van der Waals surface area contributed by atoms with Gasteiger partial charge in [0.25, 0.3) is 0 Å². The third-order valence-corrected chi connectivity index (χ3v) is 6.03. The number of nitrogens with zero attached hydrogens (tertiary/aromatic N) is 1. The topological polar surface area (TPSA) is 49.8 Å². The van der Waals surface area contributed by atoms with E-state index in [4.69, 9.17) is 9.84 Å². The van der Waals surface area contributed by atoms with E-state index in [0.717, 1.165) is 11.6 Å². The smallest absolute Gasteiger partial charge is 0.449 e. The number of thioether (sulfide) groups is 1. The van der Waals surface area contributed by atoms with E-state index in [9.17, 15) is 18.0 Å². The number of carbonyl (C=O) groups is 1. The van der Waals surface area contributed by atoms with Gasteiger partial charge < -0.3 is 14.7 Å². The Morgan fingerprint density at radius 3 is 2.52 bits per heavy atom. The number of carboxylic acid groups (broad SMARTS) is 1. The molecule has 8 heteroatoms. The van der Waals surface area contributed by atoms with Gasteiger partial charge in [0, 0.05) is 18.3 Å². The lowest BCUT2D eigenvalue weighted by Crippen LogP contribution is -2.27. The largest absolute Gasteiger partial charge is 0.511 e. The second-order valence-electron chi connectivity index (χ2n) is 7.16. The van der Waals surface area contributed by atoms with Crippen LogP contribution >= 0.6 is 11.8 Å². The van der Waals surface area contributed by atoms with Crippen LogP contribution in [0.2, 0.25) is 0 Å². The molecular formula is C23H22F3NO3S. The first-order valence-electron chi connectivity index (χ1n) is 9.73. The normalized spacial score (nSPS) is 14.6. The number of ether oxygens (including phenoxy) is 1. The SMILES string of the molecule is CC(CCc1ccc(F)c(F)c1)SC1=C(OC(=O)O)C=CCN1Cc1ccc(F)cc1. The summed E-state index contributed by atoms with van der Waals surface area (Å²) in [4.78, 5) is 13.1. The van der Waals surface area contributed by atoms with Gasteiger partial charge in [-0.3, -0.25) is 0 Å². The maximum atomic E-state index is 13.4. The highest BCUT2D eigenvalue weighted by molar-refractivity contribution is 8.03. The number of aryl methyl sites for hydroxylation is 1. The first kappa shape index (κ1) is 22.8. The van der Waals surface area contributed by atoms with E-state index in [0.29, 0.717) is 36.5 Å². The van der Waals surface area contributed by atoms with Gasteiger partial charge in [-0.25, -0.2) is 18.0 Å². The van der Waals surface area contributed by atoms with Crippen molar-refractivity contribution in [3.8, 4) is 0 Å². The molecule has 0 saturated heterocycles. The van der Waals surface area contributed by atoms with Crippen molar-refractivity contribution in [2.75, 3.05) is 6.54 Å². The van der Waals surface area contributed by atoms with E-state index in [1.54, 1.807) is 30.4 Å². The summed E-state index contributed by atoms with van der Waals surface area (Å²) in [7, 11) is 0. The first-order chi connectivity index (χ1) is 14.8.